The van der Waals surface area contributed by atoms with E-state index in [-0.39, 0.29) is 29.7 Å². The molecule has 3 aliphatic rings. The van der Waals surface area contributed by atoms with Gasteiger partial charge in [0.25, 0.3) is 5.91 Å². The Hall–Kier alpha value is -2.08. The molecule has 1 heterocycles. The van der Waals surface area contributed by atoms with E-state index in [1.165, 1.54) is 0 Å². The van der Waals surface area contributed by atoms with Crippen molar-refractivity contribution >= 4 is 29.3 Å². The van der Waals surface area contributed by atoms with Gasteiger partial charge in [0.2, 0.25) is 11.8 Å². The largest absolute Gasteiger partial charge is 0.354 e. The van der Waals surface area contributed by atoms with Crippen molar-refractivity contribution in [3.05, 3.63) is 34.9 Å². The zero-order chi connectivity index (χ0) is 21.8. The second-order valence-corrected chi connectivity index (χ2v) is 9.59. The van der Waals surface area contributed by atoms with E-state index in [4.69, 9.17) is 11.6 Å². The van der Waals surface area contributed by atoms with Crippen molar-refractivity contribution in [1.29, 1.82) is 0 Å². The van der Waals surface area contributed by atoms with Crippen LogP contribution in [0.4, 0.5) is 0 Å². The van der Waals surface area contributed by atoms with E-state index in [0.717, 1.165) is 51.4 Å². The summed E-state index contributed by atoms with van der Waals surface area (Å²) in [4.78, 5) is 40.4. The van der Waals surface area contributed by atoms with Gasteiger partial charge in [0.1, 0.15) is 6.04 Å². The third-order valence-electron chi connectivity index (χ3n) is 7.15. The Labute approximate surface area is 189 Å². The number of amides is 3. The number of carbonyl (C=O) groups excluding carboxylic acids is 3. The normalized spacial score (nSPS) is 25.8. The number of nitrogens with zero attached hydrogens (tertiary/aromatic N) is 1. The average molecular weight is 446 g/mol. The van der Waals surface area contributed by atoms with Crippen LogP contribution in [0.25, 0.3) is 0 Å². The van der Waals surface area contributed by atoms with Crippen LogP contribution in [0.15, 0.2) is 24.3 Å². The van der Waals surface area contributed by atoms with Gasteiger partial charge in [-0.15, -0.1) is 0 Å². The highest BCUT2D eigenvalue weighted by Gasteiger charge is 2.47. The number of hydrogen-bond acceptors (Lipinski definition) is 3. The summed E-state index contributed by atoms with van der Waals surface area (Å²) in [6, 6.07) is 6.59. The van der Waals surface area contributed by atoms with E-state index in [9.17, 15) is 14.4 Å². The molecular formula is C24H32ClN3O3. The van der Waals surface area contributed by atoms with Crippen molar-refractivity contribution in [1.82, 2.24) is 15.5 Å². The van der Waals surface area contributed by atoms with Gasteiger partial charge < -0.3 is 15.5 Å². The van der Waals surface area contributed by atoms with Crippen LogP contribution in [0.5, 0.6) is 0 Å². The SMILES string of the molecule is O=C(NCCNC(=O)C1CC2CCCCC2N1C(=O)c1cccc(Cl)c1)C1CCCC1. The average Bonchev–Trinajstić information content (AvgIpc) is 3.44. The van der Waals surface area contributed by atoms with Crippen LogP contribution in [-0.2, 0) is 9.59 Å². The van der Waals surface area contributed by atoms with Crippen LogP contribution in [-0.4, -0.2) is 47.8 Å². The maximum Gasteiger partial charge on any atom is 0.254 e. The van der Waals surface area contributed by atoms with E-state index in [0.29, 0.717) is 36.0 Å². The monoisotopic (exact) mass is 445 g/mol. The number of likely N-dealkylation sites (tertiary alicyclic amines) is 1. The summed E-state index contributed by atoms with van der Waals surface area (Å²) < 4.78 is 0. The smallest absolute Gasteiger partial charge is 0.254 e. The van der Waals surface area contributed by atoms with Crippen molar-refractivity contribution in [3.63, 3.8) is 0 Å². The van der Waals surface area contributed by atoms with Crippen LogP contribution < -0.4 is 10.6 Å². The van der Waals surface area contributed by atoms with Crippen LogP contribution in [0.3, 0.4) is 0 Å². The molecule has 31 heavy (non-hydrogen) atoms. The first-order valence-electron chi connectivity index (χ1n) is 11.7. The Morgan fingerprint density at radius 2 is 1.61 bits per heavy atom. The van der Waals surface area contributed by atoms with Gasteiger partial charge in [0, 0.05) is 35.6 Å². The van der Waals surface area contributed by atoms with Crippen molar-refractivity contribution in [2.24, 2.45) is 11.8 Å². The fourth-order valence-electron chi connectivity index (χ4n) is 5.58. The van der Waals surface area contributed by atoms with Crippen molar-refractivity contribution < 1.29 is 14.4 Å². The minimum Gasteiger partial charge on any atom is -0.354 e. The van der Waals surface area contributed by atoms with E-state index >= 15 is 0 Å². The minimum atomic E-state index is -0.467. The molecule has 2 saturated carbocycles. The maximum absolute atomic E-state index is 13.4. The van der Waals surface area contributed by atoms with Crippen LogP contribution in [0.1, 0.15) is 68.1 Å². The second kappa shape index (κ2) is 10.0. The fourth-order valence-corrected chi connectivity index (χ4v) is 5.77. The molecule has 1 aromatic rings. The molecule has 0 aromatic heterocycles. The van der Waals surface area contributed by atoms with Gasteiger partial charge in [-0.25, -0.2) is 0 Å². The lowest BCUT2D eigenvalue weighted by Gasteiger charge is -2.33. The number of nitrogens with one attached hydrogen (secondary N) is 2. The number of halogens is 1. The van der Waals surface area contributed by atoms with Gasteiger partial charge in [0.15, 0.2) is 0 Å². The van der Waals surface area contributed by atoms with Crippen molar-refractivity contribution in [3.8, 4) is 0 Å². The number of carbonyl (C=O) groups is 3. The molecule has 4 rings (SSSR count). The molecule has 7 heteroatoms. The van der Waals surface area contributed by atoms with Gasteiger partial charge in [-0.1, -0.05) is 43.4 Å². The number of fused-ring (bicyclic) bond motifs is 1. The summed E-state index contributed by atoms with van der Waals surface area (Å²) in [6.07, 6.45) is 9.11. The quantitative estimate of drug-likeness (QED) is 0.657. The van der Waals surface area contributed by atoms with Crippen LogP contribution >= 0.6 is 11.6 Å². The third-order valence-corrected chi connectivity index (χ3v) is 7.38. The van der Waals surface area contributed by atoms with Crippen molar-refractivity contribution in [2.75, 3.05) is 13.1 Å². The first kappa shape index (κ1) is 22.1. The standard InChI is InChI=1S/C24H32ClN3O3/c25-19-10-5-9-18(14-19)24(31)28-20-11-4-3-8-17(20)15-21(28)23(30)27-13-12-26-22(29)16-6-1-2-7-16/h5,9-10,14,16-17,20-21H,1-4,6-8,11-13,15H2,(H,26,29)(H,27,30). The van der Waals surface area contributed by atoms with E-state index in [1.807, 2.05) is 4.90 Å². The van der Waals surface area contributed by atoms with Crippen LogP contribution in [0, 0.1) is 11.8 Å². The lowest BCUT2D eigenvalue weighted by atomic mass is 9.84. The molecule has 3 atom stereocenters. The molecule has 168 valence electrons. The zero-order valence-corrected chi connectivity index (χ0v) is 18.7. The molecule has 1 aliphatic heterocycles. The molecule has 2 N–H and O–H groups in total. The second-order valence-electron chi connectivity index (χ2n) is 9.15. The summed E-state index contributed by atoms with van der Waals surface area (Å²) in [7, 11) is 0. The Bertz CT molecular complexity index is 824. The van der Waals surface area contributed by atoms with Crippen LogP contribution in [0.2, 0.25) is 5.02 Å². The summed E-state index contributed by atoms with van der Waals surface area (Å²) in [6.45, 7) is 0.797. The van der Waals surface area contributed by atoms with Crippen molar-refractivity contribution in [2.45, 2.75) is 69.9 Å². The van der Waals surface area contributed by atoms with Gasteiger partial charge >= 0.3 is 0 Å². The maximum atomic E-state index is 13.4. The molecule has 3 fully saturated rings. The molecule has 3 unspecified atom stereocenters. The summed E-state index contributed by atoms with van der Waals surface area (Å²) in [5, 5.41) is 6.41. The fraction of sp³-hybridized carbons (Fsp3) is 0.625. The molecule has 1 aromatic carbocycles. The number of rotatable bonds is 6. The highest BCUT2D eigenvalue weighted by molar-refractivity contribution is 6.31. The Morgan fingerprint density at radius 3 is 2.35 bits per heavy atom. The first-order valence-corrected chi connectivity index (χ1v) is 12.1. The zero-order valence-electron chi connectivity index (χ0n) is 17.9. The molecule has 2 aliphatic carbocycles. The Kier molecular flexibility index (Phi) is 7.16. The topological polar surface area (TPSA) is 78.5 Å². The summed E-state index contributed by atoms with van der Waals surface area (Å²) in [5.41, 5.74) is 0.528. The number of benzene rings is 1. The summed E-state index contributed by atoms with van der Waals surface area (Å²) >= 11 is 6.10. The van der Waals surface area contributed by atoms with E-state index in [1.54, 1.807) is 24.3 Å². The third kappa shape index (κ3) is 5.05. The van der Waals surface area contributed by atoms with E-state index in [2.05, 4.69) is 10.6 Å². The molecule has 1 saturated heterocycles. The highest BCUT2D eigenvalue weighted by Crippen LogP contribution is 2.40. The molecule has 0 radical (unpaired) electrons. The highest BCUT2D eigenvalue weighted by atomic mass is 35.5. The predicted octanol–water partition coefficient (Wildman–Crippen LogP) is 3.54. The Balaban J connectivity index is 1.38. The summed E-state index contributed by atoms with van der Waals surface area (Å²) in [5.74, 6) is 0.344. The van der Waals surface area contributed by atoms with Gasteiger partial charge in [-0.05, 0) is 56.2 Å². The molecular weight excluding hydrogens is 414 g/mol. The Morgan fingerprint density at radius 1 is 0.935 bits per heavy atom. The lowest BCUT2D eigenvalue weighted by Crippen LogP contribution is -2.50. The predicted molar refractivity (Wildman–Crippen MR) is 120 cm³/mol. The molecule has 0 bridgehead atoms. The minimum absolute atomic E-state index is 0.0939. The van der Waals surface area contributed by atoms with E-state index < -0.39 is 6.04 Å². The molecule has 0 spiro atoms. The van der Waals surface area contributed by atoms with Gasteiger partial charge in [-0.3, -0.25) is 14.4 Å². The van der Waals surface area contributed by atoms with Gasteiger partial charge in [0.05, 0.1) is 0 Å². The molecule has 6 nitrogen and oxygen atoms in total. The lowest BCUT2D eigenvalue weighted by molar-refractivity contribution is -0.126. The number of hydrogen-bond donors (Lipinski definition) is 2. The first-order chi connectivity index (χ1) is 15.0. The van der Waals surface area contributed by atoms with Gasteiger partial charge in [-0.2, -0.15) is 0 Å². The molecule has 3 amide bonds.